The van der Waals surface area contributed by atoms with Gasteiger partial charge in [-0.2, -0.15) is 5.10 Å². The number of carbonyl (C=O) groups excluding carboxylic acids is 1. The molecule has 0 saturated carbocycles. The molecule has 6 nitrogen and oxygen atoms in total. The molecule has 3 aromatic rings. The fraction of sp³-hybridized carbons (Fsp3) is 0.158. The summed E-state index contributed by atoms with van der Waals surface area (Å²) in [5.74, 6) is 0.614. The molecule has 0 aliphatic rings. The van der Waals surface area contributed by atoms with Gasteiger partial charge in [0.15, 0.2) is 0 Å². The average Bonchev–Trinajstić information content (AvgIpc) is 3.20. The first-order valence-electron chi connectivity index (χ1n) is 7.92. The highest BCUT2D eigenvalue weighted by atomic mass is 16.3. The van der Waals surface area contributed by atoms with Crippen molar-refractivity contribution in [2.24, 2.45) is 5.10 Å². The number of nitrogens with one attached hydrogen (secondary N) is 1. The molecule has 3 N–H and O–H groups in total. The molecule has 0 spiro atoms. The highest BCUT2D eigenvalue weighted by Gasteiger charge is 2.09. The molecule has 128 valence electrons. The number of amides is 1. The minimum atomic E-state index is -0.277. The van der Waals surface area contributed by atoms with Gasteiger partial charge in [-0.05, 0) is 56.3 Å². The Morgan fingerprint density at radius 3 is 2.72 bits per heavy atom. The molecule has 6 heteroatoms. The normalized spacial score (nSPS) is 11.1. The van der Waals surface area contributed by atoms with E-state index in [9.17, 15) is 4.79 Å². The van der Waals surface area contributed by atoms with Gasteiger partial charge in [-0.25, -0.2) is 5.43 Å². The van der Waals surface area contributed by atoms with Crippen LogP contribution in [0, 0.1) is 13.8 Å². The molecule has 1 aromatic carbocycles. The van der Waals surface area contributed by atoms with Crippen molar-refractivity contribution in [2.75, 3.05) is 5.73 Å². The number of rotatable bonds is 5. The predicted octanol–water partition coefficient (Wildman–Crippen LogP) is 3.09. The Hall–Kier alpha value is -3.28. The summed E-state index contributed by atoms with van der Waals surface area (Å²) in [7, 11) is 0. The standard InChI is InChI=1S/C19H20N4O2/c1-13-10-16(14(2)23(13)12-18-4-3-9-25-18)11-21-22-19(24)15-5-7-17(20)8-6-15/h3-11H,12,20H2,1-2H3,(H,22,24)/b21-11-. The number of aromatic nitrogens is 1. The Morgan fingerprint density at radius 2 is 2.04 bits per heavy atom. The highest BCUT2D eigenvalue weighted by Crippen LogP contribution is 2.16. The van der Waals surface area contributed by atoms with Crippen LogP contribution in [-0.2, 0) is 6.54 Å². The summed E-state index contributed by atoms with van der Waals surface area (Å²) in [5, 5.41) is 4.06. The SMILES string of the molecule is Cc1cc(/C=N\NC(=O)c2ccc(N)cc2)c(C)n1Cc1ccco1. The van der Waals surface area contributed by atoms with Crippen LogP contribution in [0.15, 0.2) is 58.2 Å². The molecule has 0 aliphatic carbocycles. The summed E-state index contributed by atoms with van der Waals surface area (Å²) in [5.41, 5.74) is 12.4. The van der Waals surface area contributed by atoms with Gasteiger partial charge in [0.25, 0.3) is 5.91 Å². The van der Waals surface area contributed by atoms with Crippen molar-refractivity contribution < 1.29 is 9.21 Å². The lowest BCUT2D eigenvalue weighted by atomic mass is 10.2. The van der Waals surface area contributed by atoms with E-state index in [2.05, 4.69) is 15.1 Å². The van der Waals surface area contributed by atoms with Gasteiger partial charge < -0.3 is 14.7 Å². The Labute approximate surface area is 146 Å². The molecule has 2 heterocycles. The molecular formula is C19H20N4O2. The van der Waals surface area contributed by atoms with Crippen LogP contribution < -0.4 is 11.2 Å². The lowest BCUT2D eigenvalue weighted by Crippen LogP contribution is -2.17. The number of aryl methyl sites for hydroxylation is 1. The van der Waals surface area contributed by atoms with Crippen LogP contribution in [-0.4, -0.2) is 16.7 Å². The minimum Gasteiger partial charge on any atom is -0.467 e. The molecule has 0 unspecified atom stereocenters. The fourth-order valence-corrected chi connectivity index (χ4v) is 2.62. The Balaban J connectivity index is 1.69. The van der Waals surface area contributed by atoms with Crippen LogP contribution in [0.3, 0.4) is 0 Å². The third kappa shape index (κ3) is 3.80. The summed E-state index contributed by atoms with van der Waals surface area (Å²) in [6.07, 6.45) is 3.31. The van der Waals surface area contributed by atoms with E-state index in [0.29, 0.717) is 17.8 Å². The van der Waals surface area contributed by atoms with E-state index in [4.69, 9.17) is 10.2 Å². The summed E-state index contributed by atoms with van der Waals surface area (Å²) < 4.78 is 7.55. The molecule has 0 bridgehead atoms. The summed E-state index contributed by atoms with van der Waals surface area (Å²) >= 11 is 0. The Morgan fingerprint density at radius 1 is 1.28 bits per heavy atom. The van der Waals surface area contributed by atoms with Gasteiger partial charge >= 0.3 is 0 Å². The number of furan rings is 1. The van der Waals surface area contributed by atoms with Crippen molar-refractivity contribution in [1.29, 1.82) is 0 Å². The van der Waals surface area contributed by atoms with Gasteiger partial charge in [-0.15, -0.1) is 0 Å². The van der Waals surface area contributed by atoms with Gasteiger partial charge in [0.05, 0.1) is 19.0 Å². The molecule has 0 radical (unpaired) electrons. The number of hydrazone groups is 1. The number of hydrogen-bond donors (Lipinski definition) is 2. The molecule has 0 fully saturated rings. The molecule has 0 aliphatic heterocycles. The first-order chi connectivity index (χ1) is 12.0. The number of anilines is 1. The van der Waals surface area contributed by atoms with Crippen molar-refractivity contribution in [1.82, 2.24) is 9.99 Å². The largest absolute Gasteiger partial charge is 0.467 e. The van der Waals surface area contributed by atoms with E-state index in [1.807, 2.05) is 32.0 Å². The number of nitrogens with zero attached hydrogens (tertiary/aromatic N) is 2. The van der Waals surface area contributed by atoms with E-state index in [0.717, 1.165) is 22.7 Å². The molecular weight excluding hydrogens is 316 g/mol. The van der Waals surface area contributed by atoms with Crippen LogP contribution in [0.4, 0.5) is 5.69 Å². The Bertz CT molecular complexity index is 890. The highest BCUT2D eigenvalue weighted by molar-refractivity contribution is 5.95. The topological polar surface area (TPSA) is 85.5 Å². The molecule has 25 heavy (non-hydrogen) atoms. The number of nitrogen functional groups attached to an aromatic ring is 1. The van der Waals surface area contributed by atoms with Crippen LogP contribution in [0.5, 0.6) is 0 Å². The Kier molecular flexibility index (Phi) is 4.70. The van der Waals surface area contributed by atoms with E-state index in [1.165, 1.54) is 0 Å². The molecule has 0 saturated heterocycles. The fourth-order valence-electron chi connectivity index (χ4n) is 2.62. The second-order valence-corrected chi connectivity index (χ2v) is 5.81. The lowest BCUT2D eigenvalue weighted by molar-refractivity contribution is 0.0955. The molecule has 1 amide bonds. The van der Waals surface area contributed by atoms with E-state index in [1.54, 1.807) is 36.7 Å². The first kappa shape index (κ1) is 16.6. The number of carbonyl (C=O) groups is 1. The van der Waals surface area contributed by atoms with Crippen molar-refractivity contribution in [3.63, 3.8) is 0 Å². The van der Waals surface area contributed by atoms with Gasteiger partial charge in [-0.3, -0.25) is 4.79 Å². The quantitative estimate of drug-likeness (QED) is 0.426. The zero-order chi connectivity index (χ0) is 17.8. The van der Waals surface area contributed by atoms with Crippen molar-refractivity contribution in [2.45, 2.75) is 20.4 Å². The van der Waals surface area contributed by atoms with Gasteiger partial charge in [0.2, 0.25) is 0 Å². The van der Waals surface area contributed by atoms with E-state index < -0.39 is 0 Å². The maximum atomic E-state index is 12.0. The maximum absolute atomic E-state index is 12.0. The van der Waals surface area contributed by atoms with E-state index >= 15 is 0 Å². The van der Waals surface area contributed by atoms with Crippen LogP contribution in [0.1, 0.15) is 33.1 Å². The maximum Gasteiger partial charge on any atom is 0.271 e. The monoisotopic (exact) mass is 336 g/mol. The molecule has 3 rings (SSSR count). The third-order valence-corrected chi connectivity index (χ3v) is 4.05. The van der Waals surface area contributed by atoms with Gasteiger partial charge in [0, 0.05) is 28.2 Å². The zero-order valence-electron chi connectivity index (χ0n) is 14.2. The zero-order valence-corrected chi connectivity index (χ0v) is 14.2. The molecule has 0 atom stereocenters. The van der Waals surface area contributed by atoms with Crippen LogP contribution in [0.25, 0.3) is 0 Å². The average molecular weight is 336 g/mol. The smallest absolute Gasteiger partial charge is 0.271 e. The lowest BCUT2D eigenvalue weighted by Gasteiger charge is -2.07. The second kappa shape index (κ2) is 7.09. The first-order valence-corrected chi connectivity index (χ1v) is 7.92. The number of hydrogen-bond acceptors (Lipinski definition) is 4. The van der Waals surface area contributed by atoms with Crippen molar-refractivity contribution >= 4 is 17.8 Å². The molecule has 2 aromatic heterocycles. The van der Waals surface area contributed by atoms with E-state index in [-0.39, 0.29) is 5.91 Å². The third-order valence-electron chi connectivity index (χ3n) is 4.05. The van der Waals surface area contributed by atoms with Crippen LogP contribution >= 0.6 is 0 Å². The minimum absolute atomic E-state index is 0.277. The number of nitrogens with two attached hydrogens (primary N) is 1. The van der Waals surface area contributed by atoms with Crippen molar-refractivity contribution in [3.05, 3.63) is 77.0 Å². The second-order valence-electron chi connectivity index (χ2n) is 5.81. The predicted molar refractivity (Wildman–Crippen MR) is 97.6 cm³/mol. The van der Waals surface area contributed by atoms with Gasteiger partial charge in [0.1, 0.15) is 5.76 Å². The van der Waals surface area contributed by atoms with Crippen LogP contribution in [0.2, 0.25) is 0 Å². The summed E-state index contributed by atoms with van der Waals surface area (Å²) in [6, 6.07) is 12.5. The summed E-state index contributed by atoms with van der Waals surface area (Å²) in [6.45, 7) is 4.70. The summed E-state index contributed by atoms with van der Waals surface area (Å²) in [4.78, 5) is 12.0. The van der Waals surface area contributed by atoms with Gasteiger partial charge in [-0.1, -0.05) is 0 Å². The van der Waals surface area contributed by atoms with Crippen molar-refractivity contribution in [3.8, 4) is 0 Å². The number of benzene rings is 1.